The van der Waals surface area contributed by atoms with Gasteiger partial charge in [-0.05, 0) is 44.0 Å². The van der Waals surface area contributed by atoms with Gasteiger partial charge in [0.2, 0.25) is 5.89 Å². The van der Waals surface area contributed by atoms with Crippen LogP contribution in [0.15, 0.2) is 34.7 Å². The van der Waals surface area contributed by atoms with Crippen molar-refractivity contribution in [2.45, 2.75) is 32.8 Å². The molecule has 1 unspecified atom stereocenters. The van der Waals surface area contributed by atoms with Crippen LogP contribution in [0.3, 0.4) is 0 Å². The summed E-state index contributed by atoms with van der Waals surface area (Å²) in [6.45, 7) is 4.98. The first-order valence-electron chi connectivity index (χ1n) is 8.97. The Morgan fingerprint density at radius 3 is 2.93 bits per heavy atom. The average molecular weight is 367 g/mol. The van der Waals surface area contributed by atoms with E-state index in [1.54, 1.807) is 17.7 Å². The molecule has 1 aliphatic heterocycles. The van der Waals surface area contributed by atoms with Crippen LogP contribution in [0.1, 0.15) is 34.8 Å². The summed E-state index contributed by atoms with van der Waals surface area (Å²) < 4.78 is 12.7. The highest BCUT2D eigenvalue weighted by atomic mass is 16.5. The monoisotopic (exact) mass is 367 g/mol. The third-order valence-electron chi connectivity index (χ3n) is 4.50. The second-order valence-corrected chi connectivity index (χ2v) is 6.60. The van der Waals surface area contributed by atoms with Crippen molar-refractivity contribution in [3.63, 3.8) is 0 Å². The van der Waals surface area contributed by atoms with E-state index >= 15 is 0 Å². The fourth-order valence-corrected chi connectivity index (χ4v) is 3.13. The van der Waals surface area contributed by atoms with Crippen LogP contribution in [0.5, 0.6) is 0 Å². The molecular weight excluding hydrogens is 346 g/mol. The van der Waals surface area contributed by atoms with Crippen LogP contribution >= 0.6 is 0 Å². The Hall–Kier alpha value is -3.00. The molecular formula is C19H21N5O3. The zero-order chi connectivity index (χ0) is 18.8. The van der Waals surface area contributed by atoms with E-state index in [9.17, 15) is 4.79 Å². The first-order valence-corrected chi connectivity index (χ1v) is 8.97. The Labute approximate surface area is 156 Å². The lowest BCUT2D eigenvalue weighted by Crippen LogP contribution is -2.31. The molecule has 4 rings (SSSR count). The number of hydrogen-bond acceptors (Lipinski definition) is 6. The van der Waals surface area contributed by atoms with Crippen molar-refractivity contribution < 1.29 is 13.9 Å². The highest BCUT2D eigenvalue weighted by Crippen LogP contribution is 2.21. The number of amides is 1. The standard InChI is InChI=1S/C19H21N5O3/c1-12-9-17(19-22-21-13(2)27-19)23-24(12)15-6-3-5-14(10-15)18(25)20-11-16-7-4-8-26-16/h3,5-6,9-10,16H,4,7-8,11H2,1-2H3,(H,20,25). The molecule has 8 nitrogen and oxygen atoms in total. The normalized spacial score (nSPS) is 16.6. The van der Waals surface area contributed by atoms with Crippen LogP contribution < -0.4 is 5.32 Å². The lowest BCUT2D eigenvalue weighted by molar-refractivity contribution is 0.0857. The van der Waals surface area contributed by atoms with Crippen molar-refractivity contribution in [1.29, 1.82) is 0 Å². The molecule has 1 N–H and O–H groups in total. The minimum Gasteiger partial charge on any atom is -0.420 e. The number of carbonyl (C=O) groups is 1. The summed E-state index contributed by atoms with van der Waals surface area (Å²) in [5, 5.41) is 15.3. The SMILES string of the molecule is Cc1nnc(-c2cc(C)n(-c3cccc(C(=O)NCC4CCCO4)c3)n2)o1. The molecule has 0 aliphatic carbocycles. The summed E-state index contributed by atoms with van der Waals surface area (Å²) in [6.07, 6.45) is 2.16. The summed E-state index contributed by atoms with van der Waals surface area (Å²) in [7, 11) is 0. The van der Waals surface area contributed by atoms with Crippen LogP contribution in [-0.2, 0) is 4.74 Å². The van der Waals surface area contributed by atoms with Crippen LogP contribution in [0.4, 0.5) is 0 Å². The van der Waals surface area contributed by atoms with Crippen molar-refractivity contribution in [3.05, 3.63) is 47.5 Å². The maximum absolute atomic E-state index is 12.5. The Morgan fingerprint density at radius 1 is 1.30 bits per heavy atom. The van der Waals surface area contributed by atoms with Crippen molar-refractivity contribution in [3.8, 4) is 17.3 Å². The Bertz CT molecular complexity index is 956. The molecule has 0 bridgehead atoms. The minimum absolute atomic E-state index is 0.117. The minimum atomic E-state index is -0.120. The van der Waals surface area contributed by atoms with Crippen molar-refractivity contribution >= 4 is 5.91 Å². The number of nitrogens with zero attached hydrogens (tertiary/aromatic N) is 4. The van der Waals surface area contributed by atoms with Gasteiger partial charge in [0.05, 0.1) is 11.8 Å². The van der Waals surface area contributed by atoms with Gasteiger partial charge in [0.25, 0.3) is 11.8 Å². The van der Waals surface area contributed by atoms with Crippen molar-refractivity contribution in [1.82, 2.24) is 25.3 Å². The highest BCUT2D eigenvalue weighted by molar-refractivity contribution is 5.94. The van der Waals surface area contributed by atoms with Crippen LogP contribution in [0, 0.1) is 13.8 Å². The first kappa shape index (κ1) is 17.4. The predicted molar refractivity (Wildman–Crippen MR) is 97.6 cm³/mol. The van der Waals surface area contributed by atoms with Crippen LogP contribution in [0.25, 0.3) is 17.3 Å². The van der Waals surface area contributed by atoms with Crippen LogP contribution in [0.2, 0.25) is 0 Å². The van der Waals surface area contributed by atoms with Gasteiger partial charge in [0.15, 0.2) is 0 Å². The zero-order valence-corrected chi connectivity index (χ0v) is 15.3. The predicted octanol–water partition coefficient (Wildman–Crippen LogP) is 2.45. The Balaban J connectivity index is 1.53. The van der Waals surface area contributed by atoms with Gasteiger partial charge >= 0.3 is 0 Å². The van der Waals surface area contributed by atoms with E-state index < -0.39 is 0 Å². The van der Waals surface area contributed by atoms with Gasteiger partial charge < -0.3 is 14.5 Å². The number of carbonyl (C=O) groups excluding carboxylic acids is 1. The molecule has 1 aliphatic rings. The highest BCUT2D eigenvalue weighted by Gasteiger charge is 2.17. The van der Waals surface area contributed by atoms with E-state index in [2.05, 4.69) is 20.6 Å². The quantitative estimate of drug-likeness (QED) is 0.744. The van der Waals surface area contributed by atoms with Gasteiger partial charge in [-0.15, -0.1) is 10.2 Å². The molecule has 2 aromatic heterocycles. The molecule has 0 saturated carbocycles. The Kier molecular flexibility index (Phi) is 4.72. The topological polar surface area (TPSA) is 95.1 Å². The number of benzene rings is 1. The van der Waals surface area contributed by atoms with Crippen LogP contribution in [-0.4, -0.2) is 45.1 Å². The molecule has 3 aromatic rings. The maximum atomic E-state index is 12.5. The molecule has 140 valence electrons. The van der Waals surface area contributed by atoms with Gasteiger partial charge in [-0.1, -0.05) is 6.07 Å². The summed E-state index contributed by atoms with van der Waals surface area (Å²) in [5.74, 6) is 0.742. The second kappa shape index (κ2) is 7.32. The van der Waals surface area contributed by atoms with E-state index in [1.807, 2.05) is 31.2 Å². The van der Waals surface area contributed by atoms with Crippen molar-refractivity contribution in [2.75, 3.05) is 13.2 Å². The van der Waals surface area contributed by atoms with Gasteiger partial charge in [-0.25, -0.2) is 4.68 Å². The number of ether oxygens (including phenoxy) is 1. The van der Waals surface area contributed by atoms with E-state index in [0.717, 1.165) is 30.8 Å². The van der Waals surface area contributed by atoms with E-state index in [-0.39, 0.29) is 12.0 Å². The molecule has 1 amide bonds. The van der Waals surface area contributed by atoms with E-state index in [4.69, 9.17) is 9.15 Å². The lowest BCUT2D eigenvalue weighted by Gasteiger charge is -2.11. The molecule has 3 heterocycles. The lowest BCUT2D eigenvalue weighted by atomic mass is 10.1. The molecule has 1 atom stereocenters. The summed E-state index contributed by atoms with van der Waals surface area (Å²) in [4.78, 5) is 12.5. The maximum Gasteiger partial charge on any atom is 0.268 e. The number of nitrogens with one attached hydrogen (secondary N) is 1. The zero-order valence-electron chi connectivity index (χ0n) is 15.3. The largest absolute Gasteiger partial charge is 0.420 e. The first-order chi connectivity index (χ1) is 13.1. The summed E-state index contributed by atoms with van der Waals surface area (Å²) >= 11 is 0. The van der Waals surface area contributed by atoms with E-state index in [1.165, 1.54) is 0 Å². The number of aryl methyl sites for hydroxylation is 2. The molecule has 1 aromatic carbocycles. The smallest absolute Gasteiger partial charge is 0.268 e. The summed E-state index contributed by atoms with van der Waals surface area (Å²) in [6, 6.07) is 9.22. The molecule has 0 radical (unpaired) electrons. The molecule has 1 saturated heterocycles. The van der Waals surface area contributed by atoms with Gasteiger partial charge in [-0.3, -0.25) is 4.79 Å². The van der Waals surface area contributed by atoms with Gasteiger partial charge in [-0.2, -0.15) is 5.10 Å². The fraction of sp³-hybridized carbons (Fsp3) is 0.368. The van der Waals surface area contributed by atoms with E-state index in [0.29, 0.717) is 29.6 Å². The molecule has 0 spiro atoms. The number of hydrogen-bond donors (Lipinski definition) is 1. The van der Waals surface area contributed by atoms with Gasteiger partial charge in [0.1, 0.15) is 5.69 Å². The number of aromatic nitrogens is 4. The van der Waals surface area contributed by atoms with Crippen molar-refractivity contribution in [2.24, 2.45) is 0 Å². The fourth-order valence-electron chi connectivity index (χ4n) is 3.13. The molecule has 1 fully saturated rings. The summed E-state index contributed by atoms with van der Waals surface area (Å²) in [5.41, 5.74) is 2.87. The third-order valence-corrected chi connectivity index (χ3v) is 4.50. The Morgan fingerprint density at radius 2 is 2.19 bits per heavy atom. The second-order valence-electron chi connectivity index (χ2n) is 6.60. The average Bonchev–Trinajstić information content (AvgIpc) is 3.41. The third kappa shape index (κ3) is 3.75. The number of rotatable bonds is 5. The van der Waals surface area contributed by atoms with Gasteiger partial charge in [0, 0.05) is 31.3 Å². The molecule has 27 heavy (non-hydrogen) atoms. The molecule has 8 heteroatoms.